The summed E-state index contributed by atoms with van der Waals surface area (Å²) in [5.41, 5.74) is 0.915. The van der Waals surface area contributed by atoms with Gasteiger partial charge in [0.2, 0.25) is 0 Å². The first-order valence-corrected chi connectivity index (χ1v) is 4.70. The average Bonchev–Trinajstić information content (AvgIpc) is 2.29. The molecule has 4 heteroatoms. The van der Waals surface area contributed by atoms with Crippen LogP contribution in [-0.2, 0) is 4.79 Å². The number of rotatable bonds is 5. The van der Waals surface area contributed by atoms with Crippen molar-refractivity contribution in [1.82, 2.24) is 0 Å². The Morgan fingerprint density at radius 1 is 1.50 bits per heavy atom. The summed E-state index contributed by atoms with van der Waals surface area (Å²) >= 11 is 0. The number of carbonyl (C=O) groups excluding carboxylic acids is 1. The third-order valence-corrected chi connectivity index (χ3v) is 2.00. The Balaban J connectivity index is 2.99. The van der Waals surface area contributed by atoms with Crippen molar-refractivity contribution in [3.8, 4) is 5.75 Å². The van der Waals surface area contributed by atoms with Gasteiger partial charge in [0.1, 0.15) is 17.6 Å². The van der Waals surface area contributed by atoms with Crippen LogP contribution in [0.1, 0.15) is 22.3 Å². The van der Waals surface area contributed by atoms with Gasteiger partial charge < -0.3 is 14.6 Å². The molecular weight excluding hydrogens is 208 g/mol. The first-order valence-electron chi connectivity index (χ1n) is 4.70. The molecule has 16 heavy (non-hydrogen) atoms. The average molecular weight is 220 g/mol. The second kappa shape index (κ2) is 5.70. The highest BCUT2D eigenvalue weighted by Crippen LogP contribution is 2.20. The quantitative estimate of drug-likeness (QED) is 0.771. The third kappa shape index (κ3) is 2.95. The molecule has 0 aromatic heterocycles. The molecule has 0 heterocycles. The van der Waals surface area contributed by atoms with Gasteiger partial charge in [0, 0.05) is 6.42 Å². The van der Waals surface area contributed by atoms with E-state index in [0.717, 1.165) is 11.8 Å². The summed E-state index contributed by atoms with van der Waals surface area (Å²) in [6.45, 7) is 0. The van der Waals surface area contributed by atoms with E-state index < -0.39 is 5.97 Å². The highest BCUT2D eigenvalue weighted by atomic mass is 16.5. The molecule has 0 saturated carbocycles. The fourth-order valence-electron chi connectivity index (χ4n) is 1.25. The first kappa shape index (κ1) is 12.0. The van der Waals surface area contributed by atoms with Gasteiger partial charge in [0.25, 0.3) is 0 Å². The predicted octanol–water partition coefficient (Wildman–Crippen LogP) is 2.00. The molecule has 0 amide bonds. The van der Waals surface area contributed by atoms with Gasteiger partial charge in [-0.15, -0.1) is 0 Å². The lowest BCUT2D eigenvalue weighted by molar-refractivity contribution is -0.107. The van der Waals surface area contributed by atoms with Gasteiger partial charge >= 0.3 is 5.97 Å². The summed E-state index contributed by atoms with van der Waals surface area (Å²) in [6, 6.07) is 4.75. The predicted molar refractivity (Wildman–Crippen MR) is 59.7 cm³/mol. The van der Waals surface area contributed by atoms with Crippen LogP contribution in [-0.4, -0.2) is 24.5 Å². The minimum absolute atomic E-state index is 0.120. The zero-order valence-corrected chi connectivity index (χ0v) is 8.84. The standard InChI is InChI=1S/C12H12O4/c1-16-11-8-9(4-2-3-7-13)5-6-10(11)12(14)15/h2,4-8H,3H2,1H3,(H,14,15). The molecule has 0 fully saturated rings. The van der Waals surface area contributed by atoms with E-state index in [9.17, 15) is 9.59 Å². The van der Waals surface area contributed by atoms with Crippen LogP contribution in [0.3, 0.4) is 0 Å². The van der Waals surface area contributed by atoms with Crippen molar-refractivity contribution in [1.29, 1.82) is 0 Å². The Morgan fingerprint density at radius 3 is 2.81 bits per heavy atom. The Bertz CT molecular complexity index is 421. The van der Waals surface area contributed by atoms with Crippen molar-refractivity contribution in [2.75, 3.05) is 7.11 Å². The van der Waals surface area contributed by atoms with Gasteiger partial charge in [-0.2, -0.15) is 0 Å². The summed E-state index contributed by atoms with van der Waals surface area (Å²) in [5, 5.41) is 8.86. The number of aldehydes is 1. The third-order valence-electron chi connectivity index (χ3n) is 2.00. The molecule has 1 aromatic rings. The van der Waals surface area contributed by atoms with E-state index in [1.165, 1.54) is 13.2 Å². The van der Waals surface area contributed by atoms with Gasteiger partial charge in [-0.1, -0.05) is 18.2 Å². The molecule has 1 rings (SSSR count). The van der Waals surface area contributed by atoms with Crippen LogP contribution < -0.4 is 4.74 Å². The van der Waals surface area contributed by atoms with Crippen LogP contribution in [0, 0.1) is 0 Å². The number of carboxylic acid groups (broad SMARTS) is 1. The normalized spacial score (nSPS) is 10.3. The van der Waals surface area contributed by atoms with Gasteiger partial charge in [-0.05, 0) is 17.7 Å². The first-order chi connectivity index (χ1) is 7.69. The van der Waals surface area contributed by atoms with E-state index >= 15 is 0 Å². The molecule has 4 nitrogen and oxygen atoms in total. The van der Waals surface area contributed by atoms with Crippen molar-refractivity contribution in [3.05, 3.63) is 35.4 Å². The summed E-state index contributed by atoms with van der Waals surface area (Å²) in [6.07, 6.45) is 4.56. The van der Waals surface area contributed by atoms with Crippen LogP contribution >= 0.6 is 0 Å². The molecule has 84 valence electrons. The van der Waals surface area contributed by atoms with Crippen molar-refractivity contribution in [2.45, 2.75) is 6.42 Å². The molecule has 0 radical (unpaired) electrons. The largest absolute Gasteiger partial charge is 0.496 e. The lowest BCUT2D eigenvalue weighted by Crippen LogP contribution is -2.00. The van der Waals surface area contributed by atoms with Crippen molar-refractivity contribution in [2.24, 2.45) is 0 Å². The Morgan fingerprint density at radius 2 is 2.25 bits per heavy atom. The molecule has 1 N–H and O–H groups in total. The second-order valence-electron chi connectivity index (χ2n) is 3.07. The lowest BCUT2D eigenvalue weighted by Gasteiger charge is -2.05. The Labute approximate surface area is 93.2 Å². The molecule has 0 aliphatic rings. The van der Waals surface area contributed by atoms with E-state index in [0.29, 0.717) is 12.2 Å². The van der Waals surface area contributed by atoms with Crippen LogP contribution in [0.25, 0.3) is 6.08 Å². The van der Waals surface area contributed by atoms with Gasteiger partial charge in [-0.25, -0.2) is 4.79 Å². The molecule has 0 atom stereocenters. The van der Waals surface area contributed by atoms with Crippen LogP contribution in [0.4, 0.5) is 0 Å². The Hall–Kier alpha value is -2.10. The minimum atomic E-state index is -1.03. The highest BCUT2D eigenvalue weighted by Gasteiger charge is 2.09. The van der Waals surface area contributed by atoms with E-state index in [1.807, 2.05) is 0 Å². The molecule has 0 bridgehead atoms. The highest BCUT2D eigenvalue weighted by molar-refractivity contribution is 5.91. The maximum Gasteiger partial charge on any atom is 0.339 e. The van der Waals surface area contributed by atoms with E-state index in [4.69, 9.17) is 9.84 Å². The topological polar surface area (TPSA) is 63.6 Å². The number of allylic oxidation sites excluding steroid dienone is 1. The summed E-state index contributed by atoms with van der Waals surface area (Å²) in [5.74, 6) is -0.721. The van der Waals surface area contributed by atoms with Crippen LogP contribution in [0.15, 0.2) is 24.3 Å². The fraction of sp³-hybridized carbons (Fsp3) is 0.167. The Kier molecular flexibility index (Phi) is 4.27. The number of hydrogen-bond acceptors (Lipinski definition) is 3. The maximum absolute atomic E-state index is 10.8. The SMILES string of the molecule is COc1cc(C=CCC=O)ccc1C(=O)O. The number of methoxy groups -OCH3 is 1. The number of ether oxygens (including phenoxy) is 1. The number of carbonyl (C=O) groups is 2. The minimum Gasteiger partial charge on any atom is -0.496 e. The van der Waals surface area contributed by atoms with E-state index in [-0.39, 0.29) is 5.56 Å². The molecule has 0 unspecified atom stereocenters. The van der Waals surface area contributed by atoms with Crippen molar-refractivity contribution >= 4 is 18.3 Å². The fourth-order valence-corrected chi connectivity index (χ4v) is 1.25. The molecule has 0 saturated heterocycles. The number of aromatic carboxylic acids is 1. The monoisotopic (exact) mass is 220 g/mol. The van der Waals surface area contributed by atoms with Gasteiger partial charge in [0.15, 0.2) is 0 Å². The zero-order valence-electron chi connectivity index (χ0n) is 8.84. The lowest BCUT2D eigenvalue weighted by atomic mass is 10.1. The summed E-state index contributed by atoms with van der Waals surface area (Å²) in [7, 11) is 1.42. The zero-order chi connectivity index (χ0) is 12.0. The molecule has 0 aliphatic carbocycles. The van der Waals surface area contributed by atoms with Gasteiger partial charge in [0.05, 0.1) is 7.11 Å². The van der Waals surface area contributed by atoms with Crippen LogP contribution in [0.2, 0.25) is 0 Å². The van der Waals surface area contributed by atoms with E-state index in [1.54, 1.807) is 24.3 Å². The smallest absolute Gasteiger partial charge is 0.339 e. The van der Waals surface area contributed by atoms with Crippen LogP contribution in [0.5, 0.6) is 5.75 Å². The number of benzene rings is 1. The number of hydrogen-bond donors (Lipinski definition) is 1. The summed E-state index contributed by atoms with van der Waals surface area (Å²) < 4.78 is 4.97. The molecule has 0 aliphatic heterocycles. The van der Waals surface area contributed by atoms with Crippen molar-refractivity contribution < 1.29 is 19.4 Å². The molecule has 0 spiro atoms. The number of carboxylic acids is 1. The maximum atomic E-state index is 10.8. The van der Waals surface area contributed by atoms with Gasteiger partial charge in [-0.3, -0.25) is 0 Å². The van der Waals surface area contributed by atoms with Crippen molar-refractivity contribution in [3.63, 3.8) is 0 Å². The second-order valence-corrected chi connectivity index (χ2v) is 3.07. The summed E-state index contributed by atoms with van der Waals surface area (Å²) in [4.78, 5) is 20.9. The van der Waals surface area contributed by atoms with E-state index in [2.05, 4.69) is 0 Å². The molecular formula is C12H12O4. The molecule has 1 aromatic carbocycles.